The van der Waals surface area contributed by atoms with Gasteiger partial charge < -0.3 is 20.3 Å². The van der Waals surface area contributed by atoms with Gasteiger partial charge in [-0.2, -0.15) is 0 Å². The molecule has 0 saturated heterocycles. The van der Waals surface area contributed by atoms with Crippen molar-refractivity contribution in [2.24, 2.45) is 0 Å². The molecule has 0 spiro atoms. The predicted molar refractivity (Wildman–Crippen MR) is 121 cm³/mol. The standard InChI is InChI=1S/C23H26ClN3O3/c1-3-27(17-7-4-6-15(2)12-17)11-5-10-25-21(28)14-19-18-13-16(24)8-9-20(18)26-22(19)23(29)30/h4,6-9,12-13,26H,3,5,10-11,14H2,1-2H3,(H,25,28)(H,29,30). The number of hydrogen-bond acceptors (Lipinski definition) is 3. The minimum Gasteiger partial charge on any atom is -0.477 e. The topological polar surface area (TPSA) is 85.4 Å². The van der Waals surface area contributed by atoms with Crippen LogP contribution in [0.15, 0.2) is 42.5 Å². The number of nitrogens with one attached hydrogen (secondary N) is 2. The van der Waals surface area contributed by atoms with Crippen LogP contribution < -0.4 is 10.2 Å². The number of carbonyl (C=O) groups excluding carboxylic acids is 1. The number of nitrogens with zero attached hydrogens (tertiary/aromatic N) is 1. The SMILES string of the molecule is CCN(CCCNC(=O)Cc1c(C(=O)O)[nH]c2ccc(Cl)cc12)c1cccc(C)c1. The Hall–Kier alpha value is -2.99. The van der Waals surface area contributed by atoms with Gasteiger partial charge in [-0.3, -0.25) is 4.79 Å². The summed E-state index contributed by atoms with van der Waals surface area (Å²) in [4.78, 5) is 29.2. The molecule has 3 N–H and O–H groups in total. The molecule has 1 heterocycles. The minimum absolute atomic E-state index is 0.0165. The number of aromatic amines is 1. The Morgan fingerprint density at radius 2 is 2.00 bits per heavy atom. The molecular formula is C23H26ClN3O3. The summed E-state index contributed by atoms with van der Waals surface area (Å²) in [6.45, 7) is 6.41. The van der Waals surface area contributed by atoms with Crippen LogP contribution in [0, 0.1) is 6.92 Å². The summed E-state index contributed by atoms with van der Waals surface area (Å²) in [5.41, 5.74) is 3.51. The van der Waals surface area contributed by atoms with Crippen LogP contribution in [0.1, 0.15) is 35.0 Å². The highest BCUT2D eigenvalue weighted by molar-refractivity contribution is 6.31. The van der Waals surface area contributed by atoms with Gasteiger partial charge in [-0.15, -0.1) is 0 Å². The van der Waals surface area contributed by atoms with Crippen LogP contribution in [0.5, 0.6) is 0 Å². The number of aromatic nitrogens is 1. The largest absolute Gasteiger partial charge is 0.477 e. The van der Waals surface area contributed by atoms with Crippen molar-refractivity contribution in [2.75, 3.05) is 24.5 Å². The number of carbonyl (C=O) groups is 2. The van der Waals surface area contributed by atoms with Crippen LogP contribution in [0.3, 0.4) is 0 Å². The summed E-state index contributed by atoms with van der Waals surface area (Å²) < 4.78 is 0. The van der Waals surface area contributed by atoms with E-state index in [1.807, 2.05) is 6.07 Å². The molecule has 0 saturated carbocycles. The third-order valence-electron chi connectivity index (χ3n) is 5.09. The lowest BCUT2D eigenvalue weighted by Crippen LogP contribution is -2.31. The van der Waals surface area contributed by atoms with E-state index in [-0.39, 0.29) is 18.0 Å². The Labute approximate surface area is 180 Å². The molecule has 3 rings (SSSR count). The zero-order chi connectivity index (χ0) is 21.7. The van der Waals surface area contributed by atoms with Gasteiger partial charge in [-0.25, -0.2) is 4.79 Å². The fraction of sp³-hybridized carbons (Fsp3) is 0.304. The smallest absolute Gasteiger partial charge is 0.352 e. The molecule has 1 amide bonds. The first-order valence-electron chi connectivity index (χ1n) is 10.0. The number of anilines is 1. The predicted octanol–water partition coefficient (Wildman–Crippen LogP) is 4.40. The van der Waals surface area contributed by atoms with Crippen LogP contribution in [0.25, 0.3) is 10.9 Å². The summed E-state index contributed by atoms with van der Waals surface area (Å²) >= 11 is 6.06. The van der Waals surface area contributed by atoms with Gasteiger partial charge >= 0.3 is 5.97 Å². The number of halogens is 1. The van der Waals surface area contributed by atoms with E-state index in [9.17, 15) is 14.7 Å². The van der Waals surface area contributed by atoms with E-state index in [0.717, 1.165) is 19.5 Å². The monoisotopic (exact) mass is 427 g/mol. The molecule has 3 aromatic rings. The average molecular weight is 428 g/mol. The Morgan fingerprint density at radius 1 is 1.20 bits per heavy atom. The number of carboxylic acid groups (broad SMARTS) is 1. The van der Waals surface area contributed by atoms with Crippen molar-refractivity contribution in [1.29, 1.82) is 0 Å². The highest BCUT2D eigenvalue weighted by Crippen LogP contribution is 2.26. The summed E-state index contributed by atoms with van der Waals surface area (Å²) in [6, 6.07) is 13.4. The number of rotatable bonds is 9. The zero-order valence-electron chi connectivity index (χ0n) is 17.2. The van der Waals surface area contributed by atoms with Crippen molar-refractivity contribution in [3.05, 3.63) is 64.3 Å². The van der Waals surface area contributed by atoms with Gasteiger partial charge in [0.25, 0.3) is 0 Å². The first kappa shape index (κ1) is 21.7. The molecule has 0 aliphatic rings. The van der Waals surface area contributed by atoms with Gasteiger partial charge in [-0.05, 0) is 56.2 Å². The molecule has 2 aromatic carbocycles. The Bertz CT molecular complexity index is 1060. The second-order valence-corrected chi connectivity index (χ2v) is 7.71. The minimum atomic E-state index is -1.10. The Balaban J connectivity index is 1.59. The van der Waals surface area contributed by atoms with Crippen LogP contribution in [-0.4, -0.2) is 41.6 Å². The van der Waals surface area contributed by atoms with Crippen molar-refractivity contribution >= 4 is 40.1 Å². The molecule has 0 atom stereocenters. The van der Waals surface area contributed by atoms with E-state index in [1.165, 1.54) is 11.3 Å². The number of fused-ring (bicyclic) bond motifs is 1. The lowest BCUT2D eigenvalue weighted by molar-refractivity contribution is -0.120. The first-order valence-corrected chi connectivity index (χ1v) is 10.4. The lowest BCUT2D eigenvalue weighted by Gasteiger charge is -2.23. The van der Waals surface area contributed by atoms with E-state index in [1.54, 1.807) is 18.2 Å². The molecule has 0 unspecified atom stereocenters. The van der Waals surface area contributed by atoms with Gasteiger partial charge in [0.2, 0.25) is 5.91 Å². The number of carboxylic acids is 1. The van der Waals surface area contributed by atoms with Crippen molar-refractivity contribution in [2.45, 2.75) is 26.7 Å². The van der Waals surface area contributed by atoms with Gasteiger partial charge in [0.15, 0.2) is 0 Å². The molecule has 0 fully saturated rings. The molecule has 0 aliphatic carbocycles. The summed E-state index contributed by atoms with van der Waals surface area (Å²) in [5.74, 6) is -1.31. The first-order chi connectivity index (χ1) is 14.4. The second kappa shape index (κ2) is 9.67. The normalized spacial score (nSPS) is 10.9. The summed E-state index contributed by atoms with van der Waals surface area (Å²) in [5, 5.41) is 13.5. The summed E-state index contributed by atoms with van der Waals surface area (Å²) in [7, 11) is 0. The van der Waals surface area contributed by atoms with E-state index in [0.29, 0.717) is 28.0 Å². The van der Waals surface area contributed by atoms with Gasteiger partial charge in [0, 0.05) is 46.8 Å². The van der Waals surface area contributed by atoms with Gasteiger partial charge in [-0.1, -0.05) is 23.7 Å². The number of amides is 1. The maximum atomic E-state index is 12.5. The fourth-order valence-electron chi connectivity index (χ4n) is 3.60. The van der Waals surface area contributed by atoms with Gasteiger partial charge in [0.1, 0.15) is 5.69 Å². The van der Waals surface area contributed by atoms with Crippen molar-refractivity contribution in [3.63, 3.8) is 0 Å². The van der Waals surface area contributed by atoms with E-state index in [4.69, 9.17) is 11.6 Å². The molecule has 30 heavy (non-hydrogen) atoms. The Morgan fingerprint density at radius 3 is 2.70 bits per heavy atom. The van der Waals surface area contributed by atoms with Crippen LogP contribution in [0.2, 0.25) is 5.02 Å². The van der Waals surface area contributed by atoms with Crippen molar-refractivity contribution < 1.29 is 14.7 Å². The van der Waals surface area contributed by atoms with Gasteiger partial charge in [0.05, 0.1) is 6.42 Å². The quantitative estimate of drug-likeness (QED) is 0.442. The Kier molecular flexibility index (Phi) is 7.00. The lowest BCUT2D eigenvalue weighted by atomic mass is 10.1. The highest BCUT2D eigenvalue weighted by Gasteiger charge is 2.19. The van der Waals surface area contributed by atoms with E-state index in [2.05, 4.69) is 47.2 Å². The molecule has 0 radical (unpaired) electrons. The highest BCUT2D eigenvalue weighted by atomic mass is 35.5. The molecular weight excluding hydrogens is 402 g/mol. The number of aryl methyl sites for hydroxylation is 1. The number of benzene rings is 2. The maximum absolute atomic E-state index is 12.5. The third kappa shape index (κ3) is 5.13. The molecule has 158 valence electrons. The number of hydrogen-bond donors (Lipinski definition) is 3. The zero-order valence-corrected chi connectivity index (χ0v) is 17.9. The second-order valence-electron chi connectivity index (χ2n) is 7.27. The van der Waals surface area contributed by atoms with Crippen molar-refractivity contribution in [3.8, 4) is 0 Å². The third-order valence-corrected chi connectivity index (χ3v) is 5.33. The fourth-order valence-corrected chi connectivity index (χ4v) is 3.77. The molecule has 7 heteroatoms. The van der Waals surface area contributed by atoms with E-state index < -0.39 is 5.97 Å². The molecule has 0 bridgehead atoms. The van der Waals surface area contributed by atoms with Crippen molar-refractivity contribution in [1.82, 2.24) is 10.3 Å². The van der Waals surface area contributed by atoms with Crippen LogP contribution >= 0.6 is 11.6 Å². The van der Waals surface area contributed by atoms with Crippen LogP contribution in [-0.2, 0) is 11.2 Å². The van der Waals surface area contributed by atoms with E-state index >= 15 is 0 Å². The number of aromatic carboxylic acids is 1. The maximum Gasteiger partial charge on any atom is 0.352 e. The molecule has 1 aromatic heterocycles. The average Bonchev–Trinajstić information content (AvgIpc) is 3.06. The molecule has 0 aliphatic heterocycles. The van der Waals surface area contributed by atoms with Crippen LogP contribution in [0.4, 0.5) is 5.69 Å². The molecule has 6 nitrogen and oxygen atoms in total. The number of H-pyrrole nitrogens is 1. The summed E-state index contributed by atoms with van der Waals surface area (Å²) in [6.07, 6.45) is 0.774.